The zero-order valence-electron chi connectivity index (χ0n) is 17.3. The van der Waals surface area contributed by atoms with Gasteiger partial charge in [0.15, 0.2) is 17.2 Å². The first-order valence-electron chi connectivity index (χ1n) is 9.59. The summed E-state index contributed by atoms with van der Waals surface area (Å²) in [6.45, 7) is 2.15. The first kappa shape index (κ1) is 19.8. The summed E-state index contributed by atoms with van der Waals surface area (Å²) in [7, 11) is 4.61. The van der Waals surface area contributed by atoms with Gasteiger partial charge < -0.3 is 23.3 Å². The van der Waals surface area contributed by atoms with Crippen LogP contribution in [0.5, 0.6) is 17.2 Å². The Hall–Kier alpha value is -3.49. The van der Waals surface area contributed by atoms with Crippen molar-refractivity contribution in [1.82, 2.24) is 10.3 Å². The maximum Gasteiger partial charge on any atom is 0.280 e. The first-order chi connectivity index (χ1) is 14.5. The Labute approximate surface area is 173 Å². The van der Waals surface area contributed by atoms with E-state index in [0.717, 1.165) is 30.6 Å². The molecule has 9 nitrogen and oxygen atoms in total. The van der Waals surface area contributed by atoms with Crippen molar-refractivity contribution < 1.29 is 28.1 Å². The number of hydrogen-bond donors (Lipinski definition) is 1. The van der Waals surface area contributed by atoms with E-state index in [1.165, 1.54) is 21.3 Å². The highest BCUT2D eigenvalue weighted by molar-refractivity contribution is 6.03. The molecule has 0 saturated heterocycles. The van der Waals surface area contributed by atoms with Crippen LogP contribution in [0.1, 0.15) is 35.2 Å². The number of benzene rings is 1. The topological polar surface area (TPSA) is 109 Å². The molecule has 2 heterocycles. The van der Waals surface area contributed by atoms with Crippen LogP contribution in [-0.2, 0) is 12.8 Å². The normalized spacial score (nSPS) is 15.4. The van der Waals surface area contributed by atoms with Gasteiger partial charge in [-0.15, -0.1) is 0 Å². The van der Waals surface area contributed by atoms with Crippen LogP contribution < -0.4 is 19.5 Å². The van der Waals surface area contributed by atoms with E-state index in [-0.39, 0.29) is 11.8 Å². The molecular weight excluding hydrogens is 390 g/mol. The average molecular weight is 413 g/mol. The molecule has 4 rings (SSSR count). The van der Waals surface area contributed by atoms with Gasteiger partial charge in [0.25, 0.3) is 5.91 Å². The van der Waals surface area contributed by atoms with Gasteiger partial charge in [0.2, 0.25) is 11.6 Å². The Kier molecular flexibility index (Phi) is 5.35. The fourth-order valence-corrected chi connectivity index (χ4v) is 3.63. The van der Waals surface area contributed by atoms with Gasteiger partial charge in [-0.05, 0) is 30.9 Å². The maximum atomic E-state index is 12.7. The first-order valence-corrected chi connectivity index (χ1v) is 9.59. The van der Waals surface area contributed by atoms with Crippen LogP contribution in [-0.4, -0.2) is 37.5 Å². The average Bonchev–Trinajstić information content (AvgIpc) is 3.39. The number of hydrogen-bond acceptors (Lipinski definition) is 8. The molecule has 1 aliphatic carbocycles. The van der Waals surface area contributed by atoms with Gasteiger partial charge >= 0.3 is 0 Å². The smallest absolute Gasteiger partial charge is 0.280 e. The predicted octanol–water partition coefficient (Wildman–Crippen LogP) is 3.73. The Balaban J connectivity index is 1.57. The highest BCUT2D eigenvalue weighted by atomic mass is 16.5. The van der Waals surface area contributed by atoms with Gasteiger partial charge in [0.1, 0.15) is 11.5 Å². The lowest BCUT2D eigenvalue weighted by Gasteiger charge is -2.16. The van der Waals surface area contributed by atoms with Crippen LogP contribution in [0.2, 0.25) is 0 Å². The van der Waals surface area contributed by atoms with E-state index < -0.39 is 0 Å². The summed E-state index contributed by atoms with van der Waals surface area (Å²) in [4.78, 5) is 12.7. The van der Waals surface area contributed by atoms with Gasteiger partial charge in [-0.25, -0.2) is 0 Å². The number of amides is 1. The lowest BCUT2D eigenvalue weighted by molar-refractivity contribution is 0.101. The molecule has 1 atom stereocenters. The number of methoxy groups -OCH3 is 3. The van der Waals surface area contributed by atoms with E-state index in [0.29, 0.717) is 40.1 Å². The number of nitrogens with zero attached hydrogens (tertiary/aromatic N) is 2. The van der Waals surface area contributed by atoms with Gasteiger partial charge in [-0.3, -0.25) is 10.1 Å². The number of carbonyl (C=O) groups excluding carboxylic acids is 1. The third-order valence-corrected chi connectivity index (χ3v) is 5.21. The maximum absolute atomic E-state index is 12.7. The summed E-state index contributed by atoms with van der Waals surface area (Å²) >= 11 is 0. The largest absolute Gasteiger partial charge is 0.493 e. The molecule has 1 aromatic carbocycles. The van der Waals surface area contributed by atoms with Crippen molar-refractivity contribution in [3.63, 3.8) is 0 Å². The molecule has 158 valence electrons. The molecule has 0 fully saturated rings. The number of aromatic nitrogens is 2. The zero-order valence-corrected chi connectivity index (χ0v) is 17.3. The Morgan fingerprint density at radius 3 is 2.47 bits per heavy atom. The van der Waals surface area contributed by atoms with Gasteiger partial charge in [-0.1, -0.05) is 17.2 Å². The van der Waals surface area contributed by atoms with Crippen LogP contribution in [0.15, 0.2) is 27.2 Å². The fourth-order valence-electron chi connectivity index (χ4n) is 3.63. The minimum Gasteiger partial charge on any atom is -0.493 e. The van der Waals surface area contributed by atoms with Crippen LogP contribution in [0.25, 0.3) is 11.3 Å². The third kappa shape index (κ3) is 3.58. The van der Waals surface area contributed by atoms with Crippen LogP contribution >= 0.6 is 0 Å². The molecule has 0 unspecified atom stereocenters. The second kappa shape index (κ2) is 8.10. The van der Waals surface area contributed by atoms with E-state index in [1.54, 1.807) is 18.2 Å². The number of rotatable bonds is 6. The summed E-state index contributed by atoms with van der Waals surface area (Å²) in [6.07, 6.45) is 2.60. The predicted molar refractivity (Wildman–Crippen MR) is 107 cm³/mol. The highest BCUT2D eigenvalue weighted by Crippen LogP contribution is 2.41. The molecule has 0 aliphatic heterocycles. The number of fused-ring (bicyclic) bond motifs is 1. The monoisotopic (exact) mass is 413 g/mol. The summed E-state index contributed by atoms with van der Waals surface area (Å²) in [5, 5.41) is 10.7. The molecule has 30 heavy (non-hydrogen) atoms. The Bertz CT molecular complexity index is 1050. The van der Waals surface area contributed by atoms with Gasteiger partial charge in [0, 0.05) is 23.6 Å². The number of aryl methyl sites for hydroxylation is 1. The molecule has 1 aliphatic rings. The molecule has 1 N–H and O–H groups in total. The SMILES string of the molecule is COc1cc(-c2cc(NC(=O)c3noc4c3C[C@H](C)CC4)on2)cc(OC)c1OC. The lowest BCUT2D eigenvalue weighted by atomic mass is 9.88. The molecular formula is C21H23N3O6. The van der Waals surface area contributed by atoms with Gasteiger partial charge in [-0.2, -0.15) is 0 Å². The zero-order chi connectivity index (χ0) is 21.3. The van der Waals surface area contributed by atoms with Crippen molar-refractivity contribution in [2.45, 2.75) is 26.2 Å². The highest BCUT2D eigenvalue weighted by Gasteiger charge is 2.27. The molecule has 0 radical (unpaired) electrons. The summed E-state index contributed by atoms with van der Waals surface area (Å²) < 4.78 is 26.7. The molecule has 9 heteroatoms. The van der Waals surface area contributed by atoms with Crippen molar-refractivity contribution in [1.29, 1.82) is 0 Å². The number of anilines is 1. The van der Waals surface area contributed by atoms with Crippen molar-refractivity contribution in [3.8, 4) is 28.5 Å². The van der Waals surface area contributed by atoms with E-state index in [9.17, 15) is 4.79 Å². The minimum absolute atomic E-state index is 0.198. The fraction of sp³-hybridized carbons (Fsp3) is 0.381. The number of ether oxygens (including phenoxy) is 3. The van der Waals surface area contributed by atoms with Crippen LogP contribution in [0.4, 0.5) is 5.88 Å². The second-order valence-electron chi connectivity index (χ2n) is 7.23. The van der Waals surface area contributed by atoms with E-state index >= 15 is 0 Å². The second-order valence-corrected chi connectivity index (χ2v) is 7.23. The quantitative estimate of drug-likeness (QED) is 0.651. The standard InChI is InChI=1S/C21H23N3O6/c1-11-5-6-15-13(7-11)19(24-29-15)21(25)22-18-10-14(23-30-18)12-8-16(26-2)20(28-4)17(9-12)27-3/h8-11H,5-7H2,1-4H3,(H,22,25)/t11-/m1/s1. The lowest BCUT2D eigenvalue weighted by Crippen LogP contribution is -2.17. The molecule has 2 aromatic heterocycles. The summed E-state index contributed by atoms with van der Waals surface area (Å²) in [5.41, 5.74) is 2.35. The minimum atomic E-state index is -0.387. The van der Waals surface area contributed by atoms with Crippen LogP contribution in [0, 0.1) is 5.92 Å². The third-order valence-electron chi connectivity index (χ3n) is 5.21. The molecule has 0 bridgehead atoms. The number of carbonyl (C=O) groups is 1. The van der Waals surface area contributed by atoms with Crippen molar-refractivity contribution in [2.75, 3.05) is 26.6 Å². The van der Waals surface area contributed by atoms with Crippen molar-refractivity contribution in [2.24, 2.45) is 5.92 Å². The molecule has 3 aromatic rings. The summed E-state index contributed by atoms with van der Waals surface area (Å²) in [6, 6.07) is 5.12. The Morgan fingerprint density at radius 2 is 1.80 bits per heavy atom. The molecule has 0 saturated carbocycles. The van der Waals surface area contributed by atoms with Crippen LogP contribution in [0.3, 0.4) is 0 Å². The van der Waals surface area contributed by atoms with Crippen molar-refractivity contribution in [3.05, 3.63) is 35.2 Å². The van der Waals surface area contributed by atoms with Gasteiger partial charge in [0.05, 0.1) is 21.3 Å². The Morgan fingerprint density at radius 1 is 1.07 bits per heavy atom. The van der Waals surface area contributed by atoms with E-state index in [4.69, 9.17) is 23.3 Å². The van der Waals surface area contributed by atoms with E-state index in [1.807, 2.05) is 0 Å². The number of nitrogens with one attached hydrogen (secondary N) is 1. The van der Waals surface area contributed by atoms with Crippen molar-refractivity contribution >= 4 is 11.8 Å². The molecule has 0 spiro atoms. The summed E-state index contributed by atoms with van der Waals surface area (Å²) in [5.74, 6) is 2.54. The van der Waals surface area contributed by atoms with E-state index in [2.05, 4.69) is 22.6 Å². The molecule has 1 amide bonds.